The molecule has 0 atom stereocenters. The van der Waals surface area contributed by atoms with Crippen LogP contribution >= 0.6 is 0 Å². The van der Waals surface area contributed by atoms with Crippen LogP contribution in [0.3, 0.4) is 0 Å². The Hall–Kier alpha value is -3.65. The van der Waals surface area contributed by atoms with Gasteiger partial charge in [0.2, 0.25) is 0 Å². The normalized spacial score (nSPS) is 14.6. The number of carbonyl (C=O) groups is 1. The first-order valence-electron chi connectivity index (χ1n) is 12.4. The van der Waals surface area contributed by atoms with E-state index in [4.69, 9.17) is 4.74 Å². The molecule has 0 amide bonds. The van der Waals surface area contributed by atoms with Gasteiger partial charge in [0.15, 0.2) is 0 Å². The lowest BCUT2D eigenvalue weighted by atomic mass is 9.84. The van der Waals surface area contributed by atoms with E-state index >= 15 is 0 Å². The Kier molecular flexibility index (Phi) is 5.50. The molecule has 1 fully saturated rings. The van der Waals surface area contributed by atoms with Crippen LogP contribution in [-0.2, 0) is 6.42 Å². The van der Waals surface area contributed by atoms with Crippen molar-refractivity contribution in [1.29, 1.82) is 0 Å². The number of benzene rings is 5. The molecule has 1 aliphatic carbocycles. The van der Waals surface area contributed by atoms with E-state index in [9.17, 15) is 4.79 Å². The molecule has 168 valence electrons. The highest BCUT2D eigenvalue weighted by molar-refractivity contribution is 6.17. The second-order valence-corrected chi connectivity index (χ2v) is 9.56. The maximum absolute atomic E-state index is 13.7. The summed E-state index contributed by atoms with van der Waals surface area (Å²) < 4.78 is 6.14. The number of hydrogen-bond donors (Lipinski definition) is 0. The van der Waals surface area contributed by atoms with Crippen LogP contribution in [0, 0.1) is 5.92 Å². The van der Waals surface area contributed by atoms with E-state index in [-0.39, 0.29) is 5.97 Å². The molecule has 0 saturated heterocycles. The van der Waals surface area contributed by atoms with Gasteiger partial charge in [-0.05, 0) is 57.0 Å². The third kappa shape index (κ3) is 3.84. The lowest BCUT2D eigenvalue weighted by Crippen LogP contribution is -2.11. The largest absolute Gasteiger partial charge is 0.422 e. The zero-order chi connectivity index (χ0) is 22.9. The van der Waals surface area contributed by atoms with Gasteiger partial charge in [-0.1, -0.05) is 111 Å². The number of fused-ring (bicyclic) bond motifs is 3. The average Bonchev–Trinajstić information content (AvgIpc) is 2.89. The van der Waals surface area contributed by atoms with Crippen LogP contribution in [0.4, 0.5) is 0 Å². The van der Waals surface area contributed by atoms with Gasteiger partial charge in [-0.15, -0.1) is 0 Å². The van der Waals surface area contributed by atoms with Crippen LogP contribution in [0.1, 0.15) is 48.0 Å². The van der Waals surface area contributed by atoms with Gasteiger partial charge in [-0.3, -0.25) is 0 Å². The zero-order valence-corrected chi connectivity index (χ0v) is 19.3. The molecule has 5 aromatic rings. The van der Waals surface area contributed by atoms with E-state index < -0.39 is 0 Å². The van der Waals surface area contributed by atoms with Crippen LogP contribution < -0.4 is 4.74 Å². The second-order valence-electron chi connectivity index (χ2n) is 9.56. The highest BCUT2D eigenvalue weighted by Gasteiger charge is 2.20. The minimum atomic E-state index is -0.307. The van der Waals surface area contributed by atoms with Crippen molar-refractivity contribution in [3.05, 3.63) is 102 Å². The molecule has 1 saturated carbocycles. The van der Waals surface area contributed by atoms with Gasteiger partial charge < -0.3 is 4.74 Å². The molecular weight excluding hydrogens is 416 g/mol. The summed E-state index contributed by atoms with van der Waals surface area (Å²) in [5.41, 5.74) is 1.99. The molecule has 0 unspecified atom stereocenters. The molecule has 0 aromatic heterocycles. The zero-order valence-electron chi connectivity index (χ0n) is 19.3. The highest BCUT2D eigenvalue weighted by atomic mass is 16.5. The summed E-state index contributed by atoms with van der Waals surface area (Å²) in [6, 6.07) is 30.7. The molecule has 0 heterocycles. The predicted molar refractivity (Wildman–Crippen MR) is 141 cm³/mol. The van der Waals surface area contributed by atoms with Crippen LogP contribution in [-0.4, -0.2) is 5.97 Å². The Morgan fingerprint density at radius 2 is 1.26 bits per heavy atom. The van der Waals surface area contributed by atoms with E-state index in [1.54, 1.807) is 0 Å². The quantitative estimate of drug-likeness (QED) is 0.158. The van der Waals surface area contributed by atoms with E-state index in [2.05, 4.69) is 30.3 Å². The smallest absolute Gasteiger partial charge is 0.344 e. The Balaban J connectivity index is 1.41. The summed E-state index contributed by atoms with van der Waals surface area (Å²) in [7, 11) is 0. The molecule has 0 aliphatic heterocycles. The number of carbonyl (C=O) groups excluding carboxylic acids is 1. The van der Waals surface area contributed by atoms with Crippen LogP contribution in [0.2, 0.25) is 0 Å². The van der Waals surface area contributed by atoms with E-state index in [0.29, 0.717) is 11.3 Å². The first-order valence-corrected chi connectivity index (χ1v) is 12.4. The maximum Gasteiger partial charge on any atom is 0.344 e. The minimum absolute atomic E-state index is 0.307. The lowest BCUT2D eigenvalue weighted by Gasteiger charge is -2.22. The Morgan fingerprint density at radius 3 is 1.94 bits per heavy atom. The van der Waals surface area contributed by atoms with Gasteiger partial charge in [-0.2, -0.15) is 0 Å². The third-order valence-electron chi connectivity index (χ3n) is 7.39. The van der Waals surface area contributed by atoms with Crippen LogP contribution in [0.15, 0.2) is 91.0 Å². The monoisotopic (exact) mass is 444 g/mol. The Bertz CT molecular complexity index is 1450. The summed E-state index contributed by atoms with van der Waals surface area (Å²) in [5.74, 6) is 1.08. The summed E-state index contributed by atoms with van der Waals surface area (Å²) in [4.78, 5) is 13.7. The van der Waals surface area contributed by atoms with Crippen molar-refractivity contribution in [2.24, 2.45) is 5.92 Å². The molecule has 0 radical (unpaired) electrons. The lowest BCUT2D eigenvalue weighted by molar-refractivity contribution is 0.0741. The van der Waals surface area contributed by atoms with Gasteiger partial charge in [0.1, 0.15) is 5.75 Å². The van der Waals surface area contributed by atoms with Crippen molar-refractivity contribution >= 4 is 38.3 Å². The molecule has 0 spiro atoms. The van der Waals surface area contributed by atoms with Gasteiger partial charge in [-0.25, -0.2) is 4.79 Å². The second kappa shape index (κ2) is 8.95. The first-order chi connectivity index (χ1) is 16.8. The minimum Gasteiger partial charge on any atom is -0.422 e. The predicted octanol–water partition coefficient (Wildman–Crippen LogP) is 8.49. The van der Waals surface area contributed by atoms with Gasteiger partial charge in [0.05, 0.1) is 5.56 Å². The fourth-order valence-electron chi connectivity index (χ4n) is 5.69. The van der Waals surface area contributed by atoms with Crippen molar-refractivity contribution in [3.8, 4) is 5.75 Å². The molecule has 1 aliphatic rings. The van der Waals surface area contributed by atoms with Crippen molar-refractivity contribution < 1.29 is 9.53 Å². The fraction of sp³-hybridized carbons (Fsp3) is 0.219. The summed E-state index contributed by atoms with van der Waals surface area (Å²) >= 11 is 0. The van der Waals surface area contributed by atoms with Crippen LogP contribution in [0.5, 0.6) is 5.75 Å². The Morgan fingerprint density at radius 1 is 0.676 bits per heavy atom. The molecule has 34 heavy (non-hydrogen) atoms. The standard InChI is InChI=1S/C32H28O2/c33-32(31-27-15-6-4-12-23(27)21-24-13-5-7-16-28(24)31)34-30-19-18-25(20-22-10-2-1-3-11-22)26-14-8-9-17-29(26)30/h4-9,12-19,21-22H,1-3,10-11,20H2. The first kappa shape index (κ1) is 20.9. The van der Waals surface area contributed by atoms with Crippen molar-refractivity contribution in [3.63, 3.8) is 0 Å². The highest BCUT2D eigenvalue weighted by Crippen LogP contribution is 2.35. The molecule has 0 N–H and O–H groups in total. The van der Waals surface area contributed by atoms with E-state index in [1.807, 2.05) is 60.7 Å². The number of hydrogen-bond acceptors (Lipinski definition) is 2. The summed E-state index contributed by atoms with van der Waals surface area (Å²) in [6.07, 6.45) is 7.80. The molecule has 2 heteroatoms. The van der Waals surface area contributed by atoms with Gasteiger partial charge in [0.25, 0.3) is 0 Å². The van der Waals surface area contributed by atoms with Gasteiger partial charge >= 0.3 is 5.97 Å². The number of esters is 1. The SMILES string of the molecule is O=C(Oc1ccc(CC2CCCCC2)c2ccccc12)c1c2ccccc2cc2ccccc12. The molecule has 6 rings (SSSR count). The topological polar surface area (TPSA) is 26.3 Å². The maximum atomic E-state index is 13.7. The number of rotatable bonds is 4. The molecular formula is C32H28O2. The summed E-state index contributed by atoms with van der Waals surface area (Å²) in [5, 5.41) is 6.13. The average molecular weight is 445 g/mol. The fourth-order valence-corrected chi connectivity index (χ4v) is 5.69. The van der Waals surface area contributed by atoms with E-state index in [1.165, 1.54) is 43.1 Å². The molecule has 0 bridgehead atoms. The van der Waals surface area contributed by atoms with E-state index in [0.717, 1.165) is 39.3 Å². The molecule has 5 aromatic carbocycles. The van der Waals surface area contributed by atoms with Crippen molar-refractivity contribution in [2.45, 2.75) is 38.5 Å². The number of ether oxygens (including phenoxy) is 1. The van der Waals surface area contributed by atoms with Crippen molar-refractivity contribution in [1.82, 2.24) is 0 Å². The third-order valence-corrected chi connectivity index (χ3v) is 7.39. The molecule has 2 nitrogen and oxygen atoms in total. The van der Waals surface area contributed by atoms with Crippen molar-refractivity contribution in [2.75, 3.05) is 0 Å². The summed E-state index contributed by atoms with van der Waals surface area (Å²) in [6.45, 7) is 0. The Labute approximate surface area is 200 Å². The van der Waals surface area contributed by atoms with Crippen LogP contribution in [0.25, 0.3) is 32.3 Å². The van der Waals surface area contributed by atoms with Gasteiger partial charge in [0, 0.05) is 5.39 Å².